The fraction of sp³-hybridized carbons (Fsp3) is 0.0667. The van der Waals surface area contributed by atoms with Crippen molar-refractivity contribution in [2.45, 2.75) is 0 Å². The third kappa shape index (κ3) is 2.22. The number of fused-ring (bicyclic) bond motifs is 2. The van der Waals surface area contributed by atoms with Gasteiger partial charge in [0.2, 0.25) is 12.7 Å². The summed E-state index contributed by atoms with van der Waals surface area (Å²) in [5.41, 5.74) is 6.65. The number of aromatic carboxylic acids is 1. The maximum Gasteiger partial charge on any atom is 0.345 e. The number of nitrogen functional groups attached to an aromatic ring is 1. The zero-order valence-electron chi connectivity index (χ0n) is 12.1. The minimum absolute atomic E-state index is 0.0122. The van der Waals surface area contributed by atoms with Gasteiger partial charge in [-0.3, -0.25) is 5.41 Å². The highest BCUT2D eigenvalue weighted by molar-refractivity contribution is 7.20. The number of thiophene rings is 1. The molecular formula is C15H10N4O4S. The Morgan fingerprint density at radius 3 is 2.83 bits per heavy atom. The number of carboxylic acids is 1. The van der Waals surface area contributed by atoms with Crippen LogP contribution < -0.4 is 15.2 Å². The SMILES string of the molecule is N=C(c1ccc2c(c1)OCO2)c1nc(N)nc2sc(C(=O)O)cc12. The number of aromatic nitrogens is 2. The molecule has 0 bridgehead atoms. The van der Waals surface area contributed by atoms with E-state index in [-0.39, 0.29) is 29.0 Å². The Hall–Kier alpha value is -3.20. The number of hydrogen-bond donors (Lipinski definition) is 3. The number of ether oxygens (including phenoxy) is 2. The number of rotatable bonds is 3. The summed E-state index contributed by atoms with van der Waals surface area (Å²) in [6, 6.07) is 6.56. The van der Waals surface area contributed by atoms with Crippen LogP contribution in [0.2, 0.25) is 0 Å². The zero-order chi connectivity index (χ0) is 16.8. The van der Waals surface area contributed by atoms with Gasteiger partial charge in [-0.2, -0.15) is 0 Å². The fourth-order valence-corrected chi connectivity index (χ4v) is 3.30. The lowest BCUT2D eigenvalue weighted by Gasteiger charge is -2.07. The van der Waals surface area contributed by atoms with Gasteiger partial charge in [-0.25, -0.2) is 14.8 Å². The quantitative estimate of drug-likeness (QED) is 0.621. The van der Waals surface area contributed by atoms with Crippen molar-refractivity contribution in [2.75, 3.05) is 12.5 Å². The van der Waals surface area contributed by atoms with Crippen molar-refractivity contribution in [3.05, 3.63) is 40.4 Å². The molecule has 4 N–H and O–H groups in total. The Kier molecular flexibility index (Phi) is 3.10. The number of hydrogen-bond acceptors (Lipinski definition) is 8. The molecule has 0 radical (unpaired) electrons. The van der Waals surface area contributed by atoms with E-state index < -0.39 is 5.97 Å². The van der Waals surface area contributed by atoms with Gasteiger partial charge in [-0.15, -0.1) is 11.3 Å². The first-order valence-electron chi connectivity index (χ1n) is 6.82. The maximum atomic E-state index is 11.2. The average molecular weight is 342 g/mol. The number of carbonyl (C=O) groups is 1. The van der Waals surface area contributed by atoms with Crippen molar-refractivity contribution < 1.29 is 19.4 Å². The van der Waals surface area contributed by atoms with E-state index in [9.17, 15) is 4.79 Å². The second kappa shape index (κ2) is 5.17. The van der Waals surface area contributed by atoms with Crippen molar-refractivity contribution in [3.8, 4) is 11.5 Å². The number of nitrogens with one attached hydrogen (secondary N) is 1. The summed E-state index contributed by atoms with van der Waals surface area (Å²) in [5.74, 6) is 0.0913. The molecule has 3 aromatic rings. The van der Waals surface area contributed by atoms with E-state index in [1.54, 1.807) is 18.2 Å². The average Bonchev–Trinajstić information content (AvgIpc) is 3.18. The second-order valence-corrected chi connectivity index (χ2v) is 6.04. The highest BCUT2D eigenvalue weighted by Crippen LogP contribution is 2.34. The van der Waals surface area contributed by atoms with E-state index in [1.165, 1.54) is 6.07 Å². The number of nitrogens with zero attached hydrogens (tertiary/aromatic N) is 2. The third-order valence-corrected chi connectivity index (χ3v) is 4.54. The number of carboxylic acid groups (broad SMARTS) is 1. The minimum Gasteiger partial charge on any atom is -0.477 e. The molecule has 0 amide bonds. The lowest BCUT2D eigenvalue weighted by molar-refractivity contribution is 0.0702. The molecule has 0 saturated heterocycles. The normalized spacial score (nSPS) is 12.5. The second-order valence-electron chi connectivity index (χ2n) is 5.01. The highest BCUT2D eigenvalue weighted by atomic mass is 32.1. The Bertz CT molecular complexity index is 1010. The van der Waals surface area contributed by atoms with Crippen molar-refractivity contribution in [3.63, 3.8) is 0 Å². The predicted octanol–water partition coefficient (Wildman–Crippen LogP) is 2.12. The van der Waals surface area contributed by atoms with Crippen molar-refractivity contribution >= 4 is 39.2 Å². The molecular weight excluding hydrogens is 332 g/mol. The molecule has 24 heavy (non-hydrogen) atoms. The molecule has 0 aliphatic carbocycles. The lowest BCUT2D eigenvalue weighted by atomic mass is 10.0. The molecule has 0 saturated carbocycles. The van der Waals surface area contributed by atoms with Crippen molar-refractivity contribution in [1.82, 2.24) is 9.97 Å². The number of nitrogens with two attached hydrogens (primary N) is 1. The molecule has 120 valence electrons. The molecule has 1 aromatic carbocycles. The van der Waals surface area contributed by atoms with E-state index in [4.69, 9.17) is 25.7 Å². The molecule has 0 fully saturated rings. The first-order valence-corrected chi connectivity index (χ1v) is 7.64. The predicted molar refractivity (Wildman–Crippen MR) is 87.3 cm³/mol. The Morgan fingerprint density at radius 2 is 2.04 bits per heavy atom. The van der Waals surface area contributed by atoms with Gasteiger partial charge in [0.05, 0.1) is 5.71 Å². The van der Waals surface area contributed by atoms with E-state index in [1.807, 2.05) is 0 Å². The smallest absolute Gasteiger partial charge is 0.345 e. The molecule has 4 rings (SSSR count). The molecule has 1 aliphatic heterocycles. The van der Waals surface area contributed by atoms with E-state index in [0.717, 1.165) is 11.3 Å². The van der Waals surface area contributed by atoms with Crippen LogP contribution in [-0.4, -0.2) is 33.5 Å². The summed E-state index contributed by atoms with van der Waals surface area (Å²) < 4.78 is 10.6. The molecule has 0 spiro atoms. The Morgan fingerprint density at radius 1 is 1.25 bits per heavy atom. The van der Waals surface area contributed by atoms with Gasteiger partial charge in [0.25, 0.3) is 0 Å². The minimum atomic E-state index is -1.06. The van der Waals surface area contributed by atoms with E-state index in [2.05, 4.69) is 9.97 Å². The van der Waals surface area contributed by atoms with Crippen LogP contribution in [0.15, 0.2) is 24.3 Å². The third-order valence-electron chi connectivity index (χ3n) is 3.52. The monoisotopic (exact) mass is 342 g/mol. The van der Waals surface area contributed by atoms with E-state index >= 15 is 0 Å². The van der Waals surface area contributed by atoms with E-state index in [0.29, 0.717) is 27.3 Å². The molecule has 0 unspecified atom stereocenters. The number of anilines is 1. The molecule has 1 aliphatic rings. The largest absolute Gasteiger partial charge is 0.477 e. The van der Waals surface area contributed by atoms with Gasteiger partial charge in [0, 0.05) is 10.9 Å². The van der Waals surface area contributed by atoms with Crippen LogP contribution in [-0.2, 0) is 0 Å². The van der Waals surface area contributed by atoms with Gasteiger partial charge in [0.1, 0.15) is 15.4 Å². The summed E-state index contributed by atoms with van der Waals surface area (Å²) in [5, 5.41) is 18.1. The van der Waals surface area contributed by atoms with Crippen LogP contribution >= 0.6 is 11.3 Å². The van der Waals surface area contributed by atoms with Gasteiger partial charge < -0.3 is 20.3 Å². The van der Waals surface area contributed by atoms with Crippen LogP contribution in [0.3, 0.4) is 0 Å². The Labute approximate surface area is 139 Å². The lowest BCUT2D eigenvalue weighted by Crippen LogP contribution is -2.08. The van der Waals surface area contributed by atoms with Gasteiger partial charge in [-0.05, 0) is 24.3 Å². The molecule has 3 heterocycles. The zero-order valence-corrected chi connectivity index (χ0v) is 12.9. The molecule has 8 nitrogen and oxygen atoms in total. The summed E-state index contributed by atoms with van der Waals surface area (Å²) in [4.78, 5) is 19.9. The first kappa shape index (κ1) is 14.4. The molecule has 2 aromatic heterocycles. The van der Waals surface area contributed by atoms with Gasteiger partial charge >= 0.3 is 5.97 Å². The summed E-state index contributed by atoms with van der Waals surface area (Å²) >= 11 is 0.994. The van der Waals surface area contributed by atoms with Gasteiger partial charge in [0.15, 0.2) is 11.5 Å². The standard InChI is InChI=1S/C15H10N4O4S/c16-11(6-1-2-8-9(3-6)23-5-22-8)12-7-4-10(14(20)21)24-13(7)19-15(17)18-12/h1-4,16H,5H2,(H,20,21)(H2,17,18,19). The fourth-order valence-electron chi connectivity index (χ4n) is 2.42. The summed E-state index contributed by atoms with van der Waals surface area (Å²) in [6.45, 7) is 0.142. The van der Waals surface area contributed by atoms with Crippen LogP contribution in [0.4, 0.5) is 5.95 Å². The van der Waals surface area contributed by atoms with Crippen LogP contribution in [0.5, 0.6) is 11.5 Å². The van der Waals surface area contributed by atoms with Crippen LogP contribution in [0.1, 0.15) is 20.9 Å². The Balaban J connectivity index is 1.86. The topological polar surface area (TPSA) is 131 Å². The van der Waals surface area contributed by atoms with Crippen LogP contribution in [0.25, 0.3) is 10.2 Å². The summed E-state index contributed by atoms with van der Waals surface area (Å²) in [6.07, 6.45) is 0. The van der Waals surface area contributed by atoms with Crippen molar-refractivity contribution in [1.29, 1.82) is 5.41 Å². The van der Waals surface area contributed by atoms with Crippen LogP contribution in [0, 0.1) is 5.41 Å². The van der Waals surface area contributed by atoms with Gasteiger partial charge in [-0.1, -0.05) is 0 Å². The van der Waals surface area contributed by atoms with Crippen molar-refractivity contribution in [2.24, 2.45) is 0 Å². The maximum absolute atomic E-state index is 11.2. The summed E-state index contributed by atoms with van der Waals surface area (Å²) in [7, 11) is 0. The highest BCUT2D eigenvalue weighted by Gasteiger charge is 2.20. The molecule has 9 heteroatoms. The first-order chi connectivity index (χ1) is 11.5. The molecule has 0 atom stereocenters. The number of benzene rings is 1.